The lowest BCUT2D eigenvalue weighted by molar-refractivity contribution is -0.113. The van der Waals surface area contributed by atoms with Crippen molar-refractivity contribution in [2.75, 3.05) is 0 Å². The first-order valence-electron chi connectivity index (χ1n) is 6.86. The van der Waals surface area contributed by atoms with Crippen LogP contribution in [-0.2, 0) is 16.0 Å². The molecule has 0 unspecified atom stereocenters. The van der Waals surface area contributed by atoms with Gasteiger partial charge in [-0.3, -0.25) is 14.6 Å². The standard InChI is InChI=1S/C18H15NO2/c1-11-3-5-15(19-10-11)8-14-7-13-4-6-16(20)9-17(13)18(21)12(14)2/h3-7,9-10H,8H2,1-2H3. The Balaban J connectivity index is 1.96. The number of nitrogens with zero attached hydrogens (tertiary/aromatic N) is 1. The topological polar surface area (TPSA) is 47.0 Å². The summed E-state index contributed by atoms with van der Waals surface area (Å²) in [5.41, 5.74) is 5.01. The minimum Gasteiger partial charge on any atom is -0.290 e. The predicted molar refractivity (Wildman–Crippen MR) is 80.7 cm³/mol. The lowest BCUT2D eigenvalue weighted by atomic mass is 9.83. The van der Waals surface area contributed by atoms with E-state index >= 15 is 0 Å². The molecular formula is C18H15NO2. The number of hydrogen-bond donors (Lipinski definition) is 0. The van der Waals surface area contributed by atoms with Crippen LogP contribution in [0.3, 0.4) is 0 Å². The number of carbonyl (C=O) groups is 2. The zero-order chi connectivity index (χ0) is 15.0. The number of rotatable bonds is 2. The molecule has 0 fully saturated rings. The zero-order valence-corrected chi connectivity index (χ0v) is 12.0. The highest BCUT2D eigenvalue weighted by molar-refractivity contribution is 6.19. The number of fused-ring (bicyclic) bond motifs is 1. The zero-order valence-electron chi connectivity index (χ0n) is 12.0. The summed E-state index contributed by atoms with van der Waals surface area (Å²) in [6.07, 6.45) is 9.05. The lowest BCUT2D eigenvalue weighted by Gasteiger charge is -2.19. The van der Waals surface area contributed by atoms with Crippen LogP contribution in [0.4, 0.5) is 0 Å². The summed E-state index contributed by atoms with van der Waals surface area (Å²) in [6.45, 7) is 3.80. The molecule has 3 heteroatoms. The molecule has 0 spiro atoms. The van der Waals surface area contributed by atoms with Crippen molar-refractivity contribution in [3.8, 4) is 0 Å². The van der Waals surface area contributed by atoms with Crippen LogP contribution in [0.15, 0.2) is 64.9 Å². The summed E-state index contributed by atoms with van der Waals surface area (Å²) in [4.78, 5) is 28.2. The van der Waals surface area contributed by atoms with Gasteiger partial charge in [0.25, 0.3) is 0 Å². The number of pyridine rings is 1. The molecule has 0 amide bonds. The van der Waals surface area contributed by atoms with E-state index in [2.05, 4.69) is 4.98 Å². The summed E-state index contributed by atoms with van der Waals surface area (Å²) < 4.78 is 0. The molecule has 2 aliphatic rings. The average molecular weight is 277 g/mol. The first kappa shape index (κ1) is 13.4. The van der Waals surface area contributed by atoms with Crippen LogP contribution >= 0.6 is 0 Å². The van der Waals surface area contributed by atoms with Gasteiger partial charge in [0.15, 0.2) is 11.6 Å². The fourth-order valence-corrected chi connectivity index (χ4v) is 2.48. The minimum atomic E-state index is -0.132. The number of aryl methyl sites for hydroxylation is 1. The minimum absolute atomic E-state index is 0.0627. The second-order valence-corrected chi connectivity index (χ2v) is 5.38. The quantitative estimate of drug-likeness (QED) is 0.835. The van der Waals surface area contributed by atoms with Crippen LogP contribution in [0.5, 0.6) is 0 Å². The summed E-state index contributed by atoms with van der Waals surface area (Å²) in [6, 6.07) is 3.99. The molecule has 0 N–H and O–H groups in total. The molecular weight excluding hydrogens is 262 g/mol. The second kappa shape index (κ2) is 5.09. The van der Waals surface area contributed by atoms with Crippen molar-refractivity contribution in [3.05, 3.63) is 76.2 Å². The fraction of sp³-hybridized carbons (Fsp3) is 0.167. The van der Waals surface area contributed by atoms with Gasteiger partial charge < -0.3 is 0 Å². The van der Waals surface area contributed by atoms with Crippen molar-refractivity contribution in [3.63, 3.8) is 0 Å². The van der Waals surface area contributed by atoms with E-state index in [1.165, 1.54) is 12.2 Å². The molecule has 1 heterocycles. The van der Waals surface area contributed by atoms with Crippen LogP contribution < -0.4 is 0 Å². The molecule has 1 aromatic heterocycles. The highest BCUT2D eigenvalue weighted by atomic mass is 16.1. The predicted octanol–water partition coefficient (Wildman–Crippen LogP) is 2.82. The SMILES string of the molecule is CC1=C(Cc2ccc(C)cn2)C=C2C=CC(=O)C=C2C1=O. The molecule has 0 bridgehead atoms. The van der Waals surface area contributed by atoms with Crippen LogP contribution in [-0.4, -0.2) is 16.6 Å². The average Bonchev–Trinajstić information content (AvgIpc) is 2.47. The van der Waals surface area contributed by atoms with Crippen molar-refractivity contribution in [2.45, 2.75) is 20.3 Å². The highest BCUT2D eigenvalue weighted by Crippen LogP contribution is 2.30. The van der Waals surface area contributed by atoms with Crippen LogP contribution in [0.25, 0.3) is 0 Å². The van der Waals surface area contributed by atoms with Gasteiger partial charge in [-0.05, 0) is 48.8 Å². The van der Waals surface area contributed by atoms with Crippen molar-refractivity contribution in [1.29, 1.82) is 0 Å². The van der Waals surface area contributed by atoms with E-state index in [1.807, 2.05) is 38.3 Å². The Morgan fingerprint density at radius 1 is 1.05 bits per heavy atom. The van der Waals surface area contributed by atoms with Gasteiger partial charge >= 0.3 is 0 Å². The smallest absolute Gasteiger partial charge is 0.189 e. The van der Waals surface area contributed by atoms with Crippen LogP contribution in [0.2, 0.25) is 0 Å². The molecule has 3 rings (SSSR count). The third kappa shape index (κ3) is 2.55. The van der Waals surface area contributed by atoms with Crippen LogP contribution in [0.1, 0.15) is 18.2 Å². The Hall–Kier alpha value is -2.55. The Labute approximate surface area is 123 Å². The van der Waals surface area contributed by atoms with Gasteiger partial charge in [0.1, 0.15) is 0 Å². The van der Waals surface area contributed by atoms with E-state index in [0.717, 1.165) is 22.4 Å². The van der Waals surface area contributed by atoms with Crippen molar-refractivity contribution >= 4 is 11.6 Å². The van der Waals surface area contributed by atoms with Gasteiger partial charge in [0.2, 0.25) is 0 Å². The number of ketones is 2. The van der Waals surface area contributed by atoms with Gasteiger partial charge in [0.05, 0.1) is 0 Å². The Morgan fingerprint density at radius 3 is 2.57 bits per heavy atom. The molecule has 0 saturated carbocycles. The maximum Gasteiger partial charge on any atom is 0.189 e. The van der Waals surface area contributed by atoms with Crippen LogP contribution in [0, 0.1) is 6.92 Å². The molecule has 0 saturated heterocycles. The molecule has 0 aromatic carbocycles. The first-order valence-corrected chi connectivity index (χ1v) is 6.86. The molecule has 2 aliphatic carbocycles. The van der Waals surface area contributed by atoms with Crippen molar-refractivity contribution in [2.24, 2.45) is 0 Å². The third-order valence-electron chi connectivity index (χ3n) is 3.77. The Kier molecular flexibility index (Phi) is 3.26. The van der Waals surface area contributed by atoms with E-state index in [-0.39, 0.29) is 11.6 Å². The number of allylic oxidation sites excluding steroid dienone is 8. The molecule has 1 aromatic rings. The van der Waals surface area contributed by atoms with Gasteiger partial charge in [-0.25, -0.2) is 0 Å². The molecule has 0 atom stereocenters. The molecule has 0 aliphatic heterocycles. The van der Waals surface area contributed by atoms with Gasteiger partial charge in [-0.1, -0.05) is 18.2 Å². The van der Waals surface area contributed by atoms with E-state index in [4.69, 9.17) is 0 Å². The van der Waals surface area contributed by atoms with Gasteiger partial charge in [0, 0.05) is 29.5 Å². The van der Waals surface area contributed by atoms with E-state index in [9.17, 15) is 9.59 Å². The highest BCUT2D eigenvalue weighted by Gasteiger charge is 2.25. The molecule has 3 nitrogen and oxygen atoms in total. The Morgan fingerprint density at radius 2 is 1.86 bits per heavy atom. The number of aromatic nitrogens is 1. The molecule has 21 heavy (non-hydrogen) atoms. The normalized spacial score (nSPS) is 17.6. The maximum atomic E-state index is 12.4. The number of carbonyl (C=O) groups excluding carboxylic acids is 2. The molecule has 104 valence electrons. The summed E-state index contributed by atoms with van der Waals surface area (Å²) >= 11 is 0. The largest absolute Gasteiger partial charge is 0.290 e. The number of Topliss-reactive ketones (excluding diaryl/α,β-unsaturated/α-hetero) is 1. The summed E-state index contributed by atoms with van der Waals surface area (Å²) in [5.74, 6) is -0.195. The maximum absolute atomic E-state index is 12.4. The van der Waals surface area contributed by atoms with E-state index in [1.54, 1.807) is 6.08 Å². The van der Waals surface area contributed by atoms with Gasteiger partial charge in [-0.2, -0.15) is 0 Å². The third-order valence-corrected chi connectivity index (χ3v) is 3.77. The van der Waals surface area contributed by atoms with E-state index in [0.29, 0.717) is 17.6 Å². The van der Waals surface area contributed by atoms with Crippen molar-refractivity contribution in [1.82, 2.24) is 4.98 Å². The number of hydrogen-bond acceptors (Lipinski definition) is 3. The summed E-state index contributed by atoms with van der Waals surface area (Å²) in [7, 11) is 0. The fourth-order valence-electron chi connectivity index (χ4n) is 2.48. The lowest BCUT2D eigenvalue weighted by Crippen LogP contribution is -2.17. The molecule has 0 radical (unpaired) electrons. The van der Waals surface area contributed by atoms with Crippen molar-refractivity contribution < 1.29 is 9.59 Å². The Bertz CT molecular complexity index is 759. The summed E-state index contributed by atoms with van der Waals surface area (Å²) in [5, 5.41) is 0. The first-order chi connectivity index (χ1) is 10.0. The second-order valence-electron chi connectivity index (χ2n) is 5.38. The monoisotopic (exact) mass is 277 g/mol. The van der Waals surface area contributed by atoms with Gasteiger partial charge in [-0.15, -0.1) is 0 Å². The van der Waals surface area contributed by atoms with E-state index < -0.39 is 0 Å².